The first-order chi connectivity index (χ1) is 6.25. The van der Waals surface area contributed by atoms with Gasteiger partial charge in [0.1, 0.15) is 5.78 Å². The maximum atomic E-state index is 11.8. The Balaban J connectivity index is 2.36. The van der Waals surface area contributed by atoms with Crippen LogP contribution in [0.4, 0.5) is 0 Å². The van der Waals surface area contributed by atoms with Gasteiger partial charge in [0.25, 0.3) is 0 Å². The van der Waals surface area contributed by atoms with Crippen LogP contribution in [0.15, 0.2) is 0 Å². The van der Waals surface area contributed by atoms with Crippen molar-refractivity contribution < 1.29 is 9.53 Å². The molecule has 13 heavy (non-hydrogen) atoms. The molecule has 3 nitrogen and oxygen atoms in total. The first-order valence-electron chi connectivity index (χ1n) is 5.07. The van der Waals surface area contributed by atoms with Gasteiger partial charge in [0.05, 0.1) is 0 Å². The average Bonchev–Trinajstić information content (AvgIpc) is 2.18. The summed E-state index contributed by atoms with van der Waals surface area (Å²) in [6.07, 6.45) is 2.61. The molecule has 1 unspecified atom stereocenters. The van der Waals surface area contributed by atoms with Crippen LogP contribution < -0.4 is 5.73 Å². The Bertz CT molecular complexity index is 164. The van der Waals surface area contributed by atoms with E-state index in [-0.39, 0.29) is 11.8 Å². The highest BCUT2D eigenvalue weighted by Gasteiger charge is 2.24. The minimum atomic E-state index is 0.132. The lowest BCUT2D eigenvalue weighted by Crippen LogP contribution is -2.28. The topological polar surface area (TPSA) is 52.3 Å². The highest BCUT2D eigenvalue weighted by Crippen LogP contribution is 2.20. The molecule has 0 spiro atoms. The highest BCUT2D eigenvalue weighted by molar-refractivity contribution is 5.83. The summed E-state index contributed by atoms with van der Waals surface area (Å²) >= 11 is 0. The van der Waals surface area contributed by atoms with Crippen LogP contribution in [0.25, 0.3) is 0 Å². The Hall–Kier alpha value is -0.410. The van der Waals surface area contributed by atoms with Gasteiger partial charge in [-0.25, -0.2) is 0 Å². The molecule has 2 N–H and O–H groups in total. The fourth-order valence-electron chi connectivity index (χ4n) is 1.78. The van der Waals surface area contributed by atoms with Gasteiger partial charge in [-0.1, -0.05) is 6.92 Å². The van der Waals surface area contributed by atoms with Gasteiger partial charge in [0.2, 0.25) is 0 Å². The molecule has 0 aliphatic carbocycles. The second kappa shape index (κ2) is 5.35. The van der Waals surface area contributed by atoms with Crippen LogP contribution in [0.3, 0.4) is 0 Å². The number of ether oxygens (including phenoxy) is 1. The van der Waals surface area contributed by atoms with E-state index >= 15 is 0 Å². The molecule has 0 bridgehead atoms. The van der Waals surface area contributed by atoms with E-state index in [4.69, 9.17) is 10.5 Å². The summed E-state index contributed by atoms with van der Waals surface area (Å²) in [4.78, 5) is 11.8. The van der Waals surface area contributed by atoms with E-state index in [0.717, 1.165) is 32.5 Å². The monoisotopic (exact) mass is 185 g/mol. The van der Waals surface area contributed by atoms with Gasteiger partial charge in [-0.2, -0.15) is 0 Å². The van der Waals surface area contributed by atoms with Crippen LogP contribution in [0, 0.1) is 11.8 Å². The van der Waals surface area contributed by atoms with Crippen molar-refractivity contribution in [3.8, 4) is 0 Å². The van der Waals surface area contributed by atoms with Gasteiger partial charge in [-0.05, 0) is 25.8 Å². The van der Waals surface area contributed by atoms with Gasteiger partial charge in [0, 0.05) is 25.0 Å². The standard InChI is InChI=1S/C10H19NO2/c1-8(2-5-11)10(12)9-3-6-13-7-4-9/h8-9H,2-7,11H2,1H3. The zero-order chi connectivity index (χ0) is 9.68. The largest absolute Gasteiger partial charge is 0.381 e. The summed E-state index contributed by atoms with van der Waals surface area (Å²) in [5, 5.41) is 0. The zero-order valence-corrected chi connectivity index (χ0v) is 8.29. The van der Waals surface area contributed by atoms with Crippen LogP contribution in [0.1, 0.15) is 26.2 Å². The fourth-order valence-corrected chi connectivity index (χ4v) is 1.78. The molecule has 3 heteroatoms. The van der Waals surface area contributed by atoms with Crippen molar-refractivity contribution in [3.63, 3.8) is 0 Å². The van der Waals surface area contributed by atoms with Gasteiger partial charge < -0.3 is 10.5 Å². The number of carbonyl (C=O) groups excluding carboxylic acids is 1. The quantitative estimate of drug-likeness (QED) is 0.710. The van der Waals surface area contributed by atoms with Crippen LogP contribution in [-0.2, 0) is 9.53 Å². The molecule has 1 atom stereocenters. The van der Waals surface area contributed by atoms with Crippen molar-refractivity contribution in [2.45, 2.75) is 26.2 Å². The van der Waals surface area contributed by atoms with Crippen molar-refractivity contribution >= 4 is 5.78 Å². The number of ketones is 1. The fraction of sp³-hybridized carbons (Fsp3) is 0.900. The second-order valence-corrected chi connectivity index (χ2v) is 3.77. The molecule has 0 radical (unpaired) electrons. The van der Waals surface area contributed by atoms with Gasteiger partial charge in [-0.15, -0.1) is 0 Å². The van der Waals surface area contributed by atoms with E-state index in [0.29, 0.717) is 12.3 Å². The molecule has 0 aromatic carbocycles. The molecule has 1 aliphatic heterocycles. The predicted molar refractivity (Wildman–Crippen MR) is 51.4 cm³/mol. The van der Waals surface area contributed by atoms with Crippen molar-refractivity contribution in [2.75, 3.05) is 19.8 Å². The third-order valence-corrected chi connectivity index (χ3v) is 2.71. The lowest BCUT2D eigenvalue weighted by molar-refractivity contribution is -0.129. The predicted octanol–water partition coefficient (Wildman–Crippen LogP) is 0.967. The zero-order valence-electron chi connectivity index (χ0n) is 8.29. The summed E-state index contributed by atoms with van der Waals surface area (Å²) in [7, 11) is 0. The number of hydrogen-bond acceptors (Lipinski definition) is 3. The lowest BCUT2D eigenvalue weighted by Gasteiger charge is -2.23. The number of Topliss-reactive ketones (excluding diaryl/α,β-unsaturated/α-hetero) is 1. The van der Waals surface area contributed by atoms with Crippen molar-refractivity contribution in [1.82, 2.24) is 0 Å². The first-order valence-corrected chi connectivity index (χ1v) is 5.07. The molecule has 0 aromatic rings. The Morgan fingerprint density at radius 2 is 2.15 bits per heavy atom. The first kappa shape index (κ1) is 10.7. The van der Waals surface area contributed by atoms with E-state index in [1.165, 1.54) is 0 Å². The molecular formula is C10H19NO2. The molecule has 1 saturated heterocycles. The molecule has 1 fully saturated rings. The van der Waals surface area contributed by atoms with Crippen molar-refractivity contribution in [3.05, 3.63) is 0 Å². The molecule has 1 heterocycles. The molecule has 0 aromatic heterocycles. The number of hydrogen-bond donors (Lipinski definition) is 1. The number of rotatable bonds is 4. The Kier molecular flexibility index (Phi) is 4.39. The smallest absolute Gasteiger partial charge is 0.138 e. The SMILES string of the molecule is CC(CCN)C(=O)C1CCOCC1. The van der Waals surface area contributed by atoms with Crippen LogP contribution in [0.2, 0.25) is 0 Å². The molecule has 0 amide bonds. The molecule has 76 valence electrons. The van der Waals surface area contributed by atoms with Gasteiger partial charge in [-0.3, -0.25) is 4.79 Å². The Labute approximate surface area is 79.6 Å². The van der Waals surface area contributed by atoms with Gasteiger partial charge >= 0.3 is 0 Å². The lowest BCUT2D eigenvalue weighted by atomic mass is 9.87. The van der Waals surface area contributed by atoms with E-state index in [2.05, 4.69) is 0 Å². The maximum absolute atomic E-state index is 11.8. The molecule has 1 aliphatic rings. The summed E-state index contributed by atoms with van der Waals surface area (Å²) < 4.78 is 5.21. The van der Waals surface area contributed by atoms with Crippen molar-refractivity contribution in [1.29, 1.82) is 0 Å². The van der Waals surface area contributed by atoms with Gasteiger partial charge in [0.15, 0.2) is 0 Å². The maximum Gasteiger partial charge on any atom is 0.138 e. The number of nitrogens with two attached hydrogens (primary N) is 1. The Morgan fingerprint density at radius 1 is 1.54 bits per heavy atom. The van der Waals surface area contributed by atoms with E-state index in [9.17, 15) is 4.79 Å². The molecular weight excluding hydrogens is 166 g/mol. The minimum Gasteiger partial charge on any atom is -0.381 e. The molecule has 1 rings (SSSR count). The van der Waals surface area contributed by atoms with E-state index in [1.807, 2.05) is 6.92 Å². The Morgan fingerprint density at radius 3 is 2.69 bits per heavy atom. The highest BCUT2D eigenvalue weighted by atomic mass is 16.5. The average molecular weight is 185 g/mol. The van der Waals surface area contributed by atoms with Crippen LogP contribution >= 0.6 is 0 Å². The molecule has 0 saturated carbocycles. The van der Waals surface area contributed by atoms with Crippen LogP contribution in [-0.4, -0.2) is 25.5 Å². The summed E-state index contributed by atoms with van der Waals surface area (Å²) in [6, 6.07) is 0. The third kappa shape index (κ3) is 3.08. The summed E-state index contributed by atoms with van der Waals surface area (Å²) in [5.74, 6) is 0.747. The normalized spacial score (nSPS) is 21.4. The summed E-state index contributed by atoms with van der Waals surface area (Å²) in [5.41, 5.74) is 5.42. The summed E-state index contributed by atoms with van der Waals surface area (Å²) in [6.45, 7) is 4.07. The number of carbonyl (C=O) groups is 1. The van der Waals surface area contributed by atoms with Crippen LogP contribution in [0.5, 0.6) is 0 Å². The van der Waals surface area contributed by atoms with E-state index < -0.39 is 0 Å². The van der Waals surface area contributed by atoms with Crippen molar-refractivity contribution in [2.24, 2.45) is 17.6 Å². The third-order valence-electron chi connectivity index (χ3n) is 2.71. The second-order valence-electron chi connectivity index (χ2n) is 3.77. The minimum absolute atomic E-state index is 0.132. The van der Waals surface area contributed by atoms with E-state index in [1.54, 1.807) is 0 Å².